The van der Waals surface area contributed by atoms with E-state index in [1.54, 1.807) is 0 Å². The number of rotatable bonds is 5. The van der Waals surface area contributed by atoms with Crippen molar-refractivity contribution in [2.24, 2.45) is 0 Å². The van der Waals surface area contributed by atoms with Crippen molar-refractivity contribution >= 4 is 28.2 Å². The summed E-state index contributed by atoms with van der Waals surface area (Å²) in [5, 5.41) is 5.66. The second-order valence-electron chi connectivity index (χ2n) is 6.40. The summed E-state index contributed by atoms with van der Waals surface area (Å²) in [6, 6.07) is 9.27. The first-order valence-corrected chi connectivity index (χ1v) is 9.14. The molecule has 1 fully saturated rings. The van der Waals surface area contributed by atoms with Crippen LogP contribution in [0.2, 0.25) is 5.02 Å². The molecule has 0 radical (unpaired) electrons. The van der Waals surface area contributed by atoms with Gasteiger partial charge in [-0.2, -0.15) is 0 Å². The van der Waals surface area contributed by atoms with Crippen LogP contribution >= 0.6 is 11.6 Å². The van der Waals surface area contributed by atoms with Crippen molar-refractivity contribution in [1.29, 1.82) is 0 Å². The fraction of sp³-hybridized carbons (Fsp3) is 0.526. The highest BCUT2D eigenvalue weighted by Gasteiger charge is 2.25. The van der Waals surface area contributed by atoms with Gasteiger partial charge in [0.2, 0.25) is 0 Å². The lowest BCUT2D eigenvalue weighted by molar-refractivity contribution is 0.166. The Morgan fingerprint density at radius 2 is 2.04 bits per heavy atom. The summed E-state index contributed by atoms with van der Waals surface area (Å²) in [5.41, 5.74) is 2.13. The third kappa shape index (κ3) is 3.78. The SMILES string of the molecule is CCN(CC)[C@@H]1CCC[C@H](Nc2ccnc3cc(Cl)ccc23)C1. The van der Waals surface area contributed by atoms with Crippen LogP contribution in [0.15, 0.2) is 30.5 Å². The van der Waals surface area contributed by atoms with Crippen molar-refractivity contribution in [3.8, 4) is 0 Å². The van der Waals surface area contributed by atoms with E-state index in [4.69, 9.17) is 11.6 Å². The maximum absolute atomic E-state index is 6.08. The molecule has 23 heavy (non-hydrogen) atoms. The Morgan fingerprint density at radius 1 is 1.22 bits per heavy atom. The Hall–Kier alpha value is -1.32. The number of fused-ring (bicyclic) bond motifs is 1. The van der Waals surface area contributed by atoms with Crippen molar-refractivity contribution in [1.82, 2.24) is 9.88 Å². The van der Waals surface area contributed by atoms with E-state index in [-0.39, 0.29) is 0 Å². The molecule has 0 amide bonds. The van der Waals surface area contributed by atoms with Gasteiger partial charge in [0.1, 0.15) is 0 Å². The number of halogens is 1. The van der Waals surface area contributed by atoms with Crippen LogP contribution < -0.4 is 5.32 Å². The van der Waals surface area contributed by atoms with Crippen LogP contribution in [0.5, 0.6) is 0 Å². The van der Waals surface area contributed by atoms with Gasteiger partial charge < -0.3 is 10.2 Å². The van der Waals surface area contributed by atoms with Gasteiger partial charge in [0, 0.05) is 34.4 Å². The second kappa shape index (κ2) is 7.50. The zero-order valence-corrected chi connectivity index (χ0v) is 14.8. The number of hydrogen-bond acceptors (Lipinski definition) is 3. The first-order valence-electron chi connectivity index (χ1n) is 8.76. The highest BCUT2D eigenvalue weighted by Crippen LogP contribution is 2.29. The molecule has 1 heterocycles. The molecular formula is C19H26ClN3. The number of hydrogen-bond donors (Lipinski definition) is 1. The van der Waals surface area contributed by atoms with Gasteiger partial charge in [0.05, 0.1) is 5.52 Å². The van der Waals surface area contributed by atoms with E-state index in [0.29, 0.717) is 12.1 Å². The molecule has 1 saturated carbocycles. The Balaban J connectivity index is 1.76. The molecule has 3 nitrogen and oxygen atoms in total. The van der Waals surface area contributed by atoms with Crippen LogP contribution in [0.4, 0.5) is 5.69 Å². The van der Waals surface area contributed by atoms with Gasteiger partial charge in [0.15, 0.2) is 0 Å². The minimum absolute atomic E-state index is 0.538. The Morgan fingerprint density at radius 3 is 2.83 bits per heavy atom. The number of nitrogens with one attached hydrogen (secondary N) is 1. The largest absolute Gasteiger partial charge is 0.382 e. The molecular weight excluding hydrogens is 306 g/mol. The summed E-state index contributed by atoms with van der Waals surface area (Å²) in [6.45, 7) is 6.82. The number of anilines is 1. The van der Waals surface area contributed by atoms with Gasteiger partial charge in [-0.25, -0.2) is 0 Å². The summed E-state index contributed by atoms with van der Waals surface area (Å²) in [4.78, 5) is 7.03. The molecule has 0 aliphatic heterocycles. The van der Waals surface area contributed by atoms with Gasteiger partial charge in [-0.3, -0.25) is 4.98 Å². The highest BCUT2D eigenvalue weighted by molar-refractivity contribution is 6.31. The molecule has 2 aromatic rings. The lowest BCUT2D eigenvalue weighted by atomic mass is 9.89. The molecule has 1 aromatic carbocycles. The Bertz CT molecular complexity index is 654. The van der Waals surface area contributed by atoms with Gasteiger partial charge in [0.25, 0.3) is 0 Å². The molecule has 0 unspecified atom stereocenters. The first-order chi connectivity index (χ1) is 11.2. The zero-order valence-electron chi connectivity index (χ0n) is 14.1. The van der Waals surface area contributed by atoms with Gasteiger partial charge >= 0.3 is 0 Å². The van der Waals surface area contributed by atoms with Crippen LogP contribution in [-0.2, 0) is 0 Å². The zero-order chi connectivity index (χ0) is 16.2. The van der Waals surface area contributed by atoms with Gasteiger partial charge in [-0.15, -0.1) is 0 Å². The molecule has 0 bridgehead atoms. The standard InChI is InChI=1S/C19H26ClN3/c1-3-23(4-2)16-7-5-6-15(13-16)22-18-10-11-21-19-12-14(20)8-9-17(18)19/h8-12,15-16H,3-7,13H2,1-2H3,(H,21,22)/t15-,16+/m0/s1. The molecule has 4 heteroatoms. The molecule has 1 aliphatic rings. The van der Waals surface area contributed by atoms with Crippen molar-refractivity contribution < 1.29 is 0 Å². The lowest BCUT2D eigenvalue weighted by Gasteiger charge is -2.37. The van der Waals surface area contributed by atoms with E-state index >= 15 is 0 Å². The van der Waals surface area contributed by atoms with Gasteiger partial charge in [-0.05, 0) is 63.0 Å². The third-order valence-corrected chi connectivity index (χ3v) is 5.27. The van der Waals surface area contributed by atoms with Crippen LogP contribution in [-0.4, -0.2) is 35.1 Å². The fourth-order valence-electron chi connectivity index (χ4n) is 3.83. The minimum atomic E-state index is 0.538. The van der Waals surface area contributed by atoms with E-state index < -0.39 is 0 Å². The Kier molecular flexibility index (Phi) is 5.39. The van der Waals surface area contributed by atoms with Crippen LogP contribution in [0.3, 0.4) is 0 Å². The summed E-state index contributed by atoms with van der Waals surface area (Å²) in [6.07, 6.45) is 6.96. The second-order valence-corrected chi connectivity index (χ2v) is 6.84. The average Bonchev–Trinajstić information content (AvgIpc) is 2.56. The van der Waals surface area contributed by atoms with Gasteiger partial charge in [-0.1, -0.05) is 25.4 Å². The molecule has 1 N–H and O–H groups in total. The molecule has 1 aliphatic carbocycles. The summed E-state index contributed by atoms with van der Waals surface area (Å²) >= 11 is 6.08. The van der Waals surface area contributed by atoms with Crippen molar-refractivity contribution in [2.75, 3.05) is 18.4 Å². The summed E-state index contributed by atoms with van der Waals surface area (Å²) in [7, 11) is 0. The number of benzene rings is 1. The van der Waals surface area contributed by atoms with E-state index in [2.05, 4.69) is 41.2 Å². The monoisotopic (exact) mass is 331 g/mol. The molecule has 0 spiro atoms. The smallest absolute Gasteiger partial charge is 0.0737 e. The maximum Gasteiger partial charge on any atom is 0.0737 e. The molecule has 2 atom stereocenters. The fourth-order valence-corrected chi connectivity index (χ4v) is 4.00. The van der Waals surface area contributed by atoms with E-state index in [9.17, 15) is 0 Å². The van der Waals surface area contributed by atoms with E-state index in [0.717, 1.165) is 29.0 Å². The van der Waals surface area contributed by atoms with E-state index in [1.807, 2.05) is 18.3 Å². The number of nitrogens with zero attached hydrogens (tertiary/aromatic N) is 2. The number of aromatic nitrogens is 1. The first kappa shape index (κ1) is 16.5. The van der Waals surface area contributed by atoms with Crippen LogP contribution in [0.25, 0.3) is 10.9 Å². The van der Waals surface area contributed by atoms with E-state index in [1.165, 1.54) is 31.4 Å². The highest BCUT2D eigenvalue weighted by atomic mass is 35.5. The van der Waals surface area contributed by atoms with Crippen LogP contribution in [0, 0.1) is 0 Å². The Labute approximate surface area is 144 Å². The average molecular weight is 332 g/mol. The third-order valence-electron chi connectivity index (χ3n) is 5.04. The predicted molar refractivity (Wildman–Crippen MR) is 99.3 cm³/mol. The molecule has 3 rings (SSSR count). The topological polar surface area (TPSA) is 28.2 Å². The molecule has 124 valence electrons. The minimum Gasteiger partial charge on any atom is -0.382 e. The predicted octanol–water partition coefficient (Wildman–Crippen LogP) is 4.95. The van der Waals surface area contributed by atoms with Crippen molar-refractivity contribution in [2.45, 2.75) is 51.6 Å². The normalized spacial score (nSPS) is 21.7. The summed E-state index contributed by atoms with van der Waals surface area (Å²) < 4.78 is 0. The molecule has 0 saturated heterocycles. The molecule has 1 aromatic heterocycles. The van der Waals surface area contributed by atoms with Crippen LogP contribution in [0.1, 0.15) is 39.5 Å². The van der Waals surface area contributed by atoms with Crippen molar-refractivity contribution in [3.05, 3.63) is 35.5 Å². The van der Waals surface area contributed by atoms with Crippen molar-refractivity contribution in [3.63, 3.8) is 0 Å². The lowest BCUT2D eigenvalue weighted by Crippen LogP contribution is -2.42. The summed E-state index contributed by atoms with van der Waals surface area (Å²) in [5.74, 6) is 0. The quantitative estimate of drug-likeness (QED) is 0.839. The number of pyridine rings is 1. The maximum atomic E-state index is 6.08.